The van der Waals surface area contributed by atoms with E-state index in [1.54, 1.807) is 11.3 Å². The van der Waals surface area contributed by atoms with Crippen LogP contribution in [0.25, 0.3) is 0 Å². The van der Waals surface area contributed by atoms with E-state index in [1.165, 1.54) is 69.1 Å². The Bertz CT molecular complexity index is 402. The van der Waals surface area contributed by atoms with Gasteiger partial charge in [-0.1, -0.05) is 77.2 Å². The Morgan fingerprint density at radius 2 is 1.58 bits per heavy atom. The van der Waals surface area contributed by atoms with Crippen LogP contribution < -0.4 is 0 Å². The summed E-state index contributed by atoms with van der Waals surface area (Å²) in [6, 6.07) is 4.14. The van der Waals surface area contributed by atoms with Crippen LogP contribution in [0.1, 0.15) is 88.9 Å². The van der Waals surface area contributed by atoms with Gasteiger partial charge in [0, 0.05) is 23.1 Å². The molecular formula is C21H35ClOS. The third kappa shape index (κ3) is 10.5. The lowest BCUT2D eigenvalue weighted by Gasteiger charge is -2.11. The lowest BCUT2D eigenvalue weighted by molar-refractivity contribution is -0.122. The number of Topliss-reactive ketones (excluding diaryl/α,β-unsaturated/α-hetero) is 1. The highest BCUT2D eigenvalue weighted by molar-refractivity contribution is 7.09. The molecule has 0 radical (unpaired) electrons. The molecule has 3 heteroatoms. The molecule has 0 spiro atoms. The van der Waals surface area contributed by atoms with Crippen LogP contribution in [0.5, 0.6) is 0 Å². The molecule has 1 atom stereocenters. The van der Waals surface area contributed by atoms with E-state index in [4.69, 9.17) is 11.6 Å². The molecule has 0 aliphatic carbocycles. The van der Waals surface area contributed by atoms with E-state index in [2.05, 4.69) is 18.4 Å². The van der Waals surface area contributed by atoms with Crippen LogP contribution in [0.15, 0.2) is 17.5 Å². The third-order valence-electron chi connectivity index (χ3n) is 4.70. The van der Waals surface area contributed by atoms with Gasteiger partial charge in [-0.05, 0) is 24.3 Å². The monoisotopic (exact) mass is 370 g/mol. The van der Waals surface area contributed by atoms with E-state index in [0.717, 1.165) is 12.8 Å². The molecule has 1 aromatic heterocycles. The van der Waals surface area contributed by atoms with Crippen LogP contribution in [-0.4, -0.2) is 11.7 Å². The molecule has 1 unspecified atom stereocenters. The van der Waals surface area contributed by atoms with Gasteiger partial charge in [0.1, 0.15) is 5.78 Å². The zero-order chi connectivity index (χ0) is 17.5. The number of carbonyl (C=O) groups excluding carboxylic acids is 1. The van der Waals surface area contributed by atoms with E-state index in [0.29, 0.717) is 18.1 Å². The molecule has 0 saturated carbocycles. The number of alkyl halides is 1. The molecule has 0 aliphatic heterocycles. The van der Waals surface area contributed by atoms with Crippen LogP contribution in [0.4, 0.5) is 0 Å². The summed E-state index contributed by atoms with van der Waals surface area (Å²) in [6.07, 6.45) is 16.0. The second-order valence-corrected chi connectivity index (χ2v) is 8.23. The maximum Gasteiger partial charge on any atom is 0.137 e. The number of halogens is 1. The zero-order valence-corrected chi connectivity index (χ0v) is 17.0. The Kier molecular flexibility index (Phi) is 13.5. The smallest absolute Gasteiger partial charge is 0.137 e. The molecule has 0 amide bonds. The molecule has 1 heterocycles. The Morgan fingerprint density at radius 1 is 1.00 bits per heavy atom. The minimum absolute atomic E-state index is 0.00781. The summed E-state index contributed by atoms with van der Waals surface area (Å²) in [7, 11) is 0. The summed E-state index contributed by atoms with van der Waals surface area (Å²) in [4.78, 5) is 13.6. The average Bonchev–Trinajstić information content (AvgIpc) is 3.10. The highest BCUT2D eigenvalue weighted by Crippen LogP contribution is 2.19. The highest BCUT2D eigenvalue weighted by Gasteiger charge is 2.17. The number of thiophene rings is 1. The van der Waals surface area contributed by atoms with Gasteiger partial charge in [0.25, 0.3) is 0 Å². The largest absolute Gasteiger partial charge is 0.299 e. The molecular weight excluding hydrogens is 336 g/mol. The van der Waals surface area contributed by atoms with Crippen molar-refractivity contribution in [2.75, 3.05) is 5.88 Å². The minimum Gasteiger partial charge on any atom is -0.299 e. The SMILES string of the molecule is CCCCCCCCCCCCCC(=O)C(CCl)Cc1cccs1. The summed E-state index contributed by atoms with van der Waals surface area (Å²) < 4.78 is 0. The predicted octanol–water partition coefficient (Wildman–Crippen LogP) is 7.42. The van der Waals surface area contributed by atoms with Crippen LogP contribution in [0, 0.1) is 5.92 Å². The normalized spacial score (nSPS) is 12.4. The molecule has 138 valence electrons. The quantitative estimate of drug-likeness (QED) is 0.218. The van der Waals surface area contributed by atoms with Crippen molar-refractivity contribution in [2.24, 2.45) is 5.92 Å². The van der Waals surface area contributed by atoms with Gasteiger partial charge in [-0.25, -0.2) is 0 Å². The number of rotatable bonds is 16. The molecule has 1 aromatic rings. The van der Waals surface area contributed by atoms with Crippen molar-refractivity contribution in [1.82, 2.24) is 0 Å². The van der Waals surface area contributed by atoms with Crippen molar-refractivity contribution in [3.05, 3.63) is 22.4 Å². The fourth-order valence-corrected chi connectivity index (χ4v) is 4.16. The minimum atomic E-state index is 0.00781. The van der Waals surface area contributed by atoms with Crippen LogP contribution in [0.3, 0.4) is 0 Å². The molecule has 0 fully saturated rings. The topological polar surface area (TPSA) is 17.1 Å². The first kappa shape index (κ1) is 21.7. The van der Waals surface area contributed by atoms with E-state index < -0.39 is 0 Å². The molecule has 0 saturated heterocycles. The summed E-state index contributed by atoms with van der Waals surface area (Å²) in [5.41, 5.74) is 0. The number of carbonyl (C=O) groups is 1. The number of unbranched alkanes of at least 4 members (excludes halogenated alkanes) is 10. The van der Waals surface area contributed by atoms with Gasteiger partial charge in [0.15, 0.2) is 0 Å². The van der Waals surface area contributed by atoms with Gasteiger partial charge in [0.2, 0.25) is 0 Å². The van der Waals surface area contributed by atoms with Gasteiger partial charge in [-0.2, -0.15) is 0 Å². The van der Waals surface area contributed by atoms with Gasteiger partial charge in [-0.15, -0.1) is 22.9 Å². The van der Waals surface area contributed by atoms with Crippen molar-refractivity contribution in [3.8, 4) is 0 Å². The summed E-state index contributed by atoms with van der Waals surface area (Å²) in [5, 5.41) is 2.06. The summed E-state index contributed by atoms with van der Waals surface area (Å²) in [6.45, 7) is 2.27. The summed E-state index contributed by atoms with van der Waals surface area (Å²) in [5.74, 6) is 0.817. The van der Waals surface area contributed by atoms with E-state index >= 15 is 0 Å². The van der Waals surface area contributed by atoms with Crippen LogP contribution in [-0.2, 0) is 11.2 Å². The van der Waals surface area contributed by atoms with Crippen molar-refractivity contribution in [1.29, 1.82) is 0 Å². The second-order valence-electron chi connectivity index (χ2n) is 6.89. The number of ketones is 1. The first-order chi connectivity index (χ1) is 11.8. The van der Waals surface area contributed by atoms with Crippen molar-refractivity contribution < 1.29 is 4.79 Å². The Balaban J connectivity index is 1.96. The van der Waals surface area contributed by atoms with Crippen molar-refractivity contribution >= 4 is 28.7 Å². The zero-order valence-electron chi connectivity index (χ0n) is 15.4. The fourth-order valence-electron chi connectivity index (χ4n) is 3.09. The molecule has 0 N–H and O–H groups in total. The fraction of sp³-hybridized carbons (Fsp3) is 0.762. The van der Waals surface area contributed by atoms with Crippen molar-refractivity contribution in [3.63, 3.8) is 0 Å². The Labute approximate surface area is 158 Å². The molecule has 24 heavy (non-hydrogen) atoms. The molecule has 1 nitrogen and oxygen atoms in total. The standard InChI is InChI=1S/C21H35ClOS/c1-2-3-4-5-6-7-8-9-10-11-12-15-21(23)19(18-22)17-20-14-13-16-24-20/h13-14,16,19H,2-12,15,17-18H2,1H3. The third-order valence-corrected chi connectivity index (χ3v) is 5.97. The van der Waals surface area contributed by atoms with Gasteiger partial charge in [-0.3, -0.25) is 4.79 Å². The van der Waals surface area contributed by atoms with E-state index in [1.807, 2.05) is 6.07 Å². The Hall–Kier alpha value is -0.340. The van der Waals surface area contributed by atoms with Gasteiger partial charge in [0.05, 0.1) is 0 Å². The van der Waals surface area contributed by atoms with Gasteiger partial charge >= 0.3 is 0 Å². The molecule has 0 bridgehead atoms. The number of hydrogen-bond acceptors (Lipinski definition) is 2. The van der Waals surface area contributed by atoms with E-state index in [-0.39, 0.29) is 5.92 Å². The predicted molar refractivity (Wildman–Crippen MR) is 108 cm³/mol. The molecule has 1 rings (SSSR count). The molecule has 0 aromatic carbocycles. The van der Waals surface area contributed by atoms with Crippen LogP contribution >= 0.6 is 22.9 Å². The van der Waals surface area contributed by atoms with Gasteiger partial charge < -0.3 is 0 Å². The lowest BCUT2D eigenvalue weighted by atomic mass is 9.96. The maximum absolute atomic E-state index is 12.3. The first-order valence-electron chi connectivity index (χ1n) is 9.89. The van der Waals surface area contributed by atoms with E-state index in [9.17, 15) is 4.79 Å². The summed E-state index contributed by atoms with van der Waals surface area (Å²) >= 11 is 7.72. The highest BCUT2D eigenvalue weighted by atomic mass is 35.5. The second kappa shape index (κ2) is 15.0. The van der Waals surface area contributed by atoms with Crippen molar-refractivity contribution in [2.45, 2.75) is 90.4 Å². The molecule has 0 aliphatic rings. The lowest BCUT2D eigenvalue weighted by Crippen LogP contribution is -2.18. The Morgan fingerprint density at radius 3 is 2.08 bits per heavy atom. The average molecular weight is 371 g/mol. The first-order valence-corrected chi connectivity index (χ1v) is 11.3. The van der Waals surface area contributed by atoms with Crippen LogP contribution in [0.2, 0.25) is 0 Å². The maximum atomic E-state index is 12.3. The number of hydrogen-bond donors (Lipinski definition) is 0.